The molecule has 11 heavy (non-hydrogen) atoms. The second-order valence-corrected chi connectivity index (χ2v) is 1.37. The Morgan fingerprint density at radius 2 is 0.818 bits per heavy atom. The Labute approximate surface area is 78.1 Å². The zero-order valence-corrected chi connectivity index (χ0v) is 6.61. The maximum atomic E-state index is 2.62. The van der Waals surface area contributed by atoms with Crippen LogP contribution in [0.5, 0.6) is 0 Å². The van der Waals surface area contributed by atoms with Crippen molar-refractivity contribution in [1.29, 1.82) is 0 Å². The Balaban J connectivity index is 0.000000167. The van der Waals surface area contributed by atoms with E-state index < -0.39 is 0 Å². The molecule has 1 heteroatoms. The first-order valence-electron chi connectivity index (χ1n) is 2.65. The van der Waals surface area contributed by atoms with Crippen molar-refractivity contribution in [2.24, 2.45) is 0 Å². The second-order valence-electron chi connectivity index (χ2n) is 1.37. The van der Waals surface area contributed by atoms with E-state index in [0.29, 0.717) is 0 Å². The van der Waals surface area contributed by atoms with Crippen LogP contribution in [-0.4, -0.2) is 0 Å². The van der Waals surface area contributed by atoms with E-state index in [1.165, 1.54) is 0 Å². The van der Waals surface area contributed by atoms with E-state index in [-0.39, 0.29) is 17.1 Å². The summed E-state index contributed by atoms with van der Waals surface area (Å²) in [6, 6.07) is 24.0. The van der Waals surface area contributed by atoms with Crippen molar-refractivity contribution in [3.8, 4) is 0 Å². The van der Waals surface area contributed by atoms with Crippen LogP contribution in [0, 0.1) is 48.5 Å². The van der Waals surface area contributed by atoms with Crippen LogP contribution in [0.3, 0.4) is 0 Å². The third-order valence-corrected chi connectivity index (χ3v) is 0.702. The van der Waals surface area contributed by atoms with Gasteiger partial charge in [0.1, 0.15) is 0 Å². The normalized spacial score (nSPS) is 7.27. The van der Waals surface area contributed by atoms with Crippen molar-refractivity contribution in [2.75, 3.05) is 0 Å². The summed E-state index contributed by atoms with van der Waals surface area (Å²) >= 11 is 0. The average Bonchev–Trinajstić information content (AvgIpc) is 2.67. The molecule has 0 bridgehead atoms. The fourth-order valence-corrected chi connectivity index (χ4v) is 0.361. The van der Waals surface area contributed by atoms with Crippen molar-refractivity contribution >= 4 is 0 Å². The Morgan fingerprint density at radius 1 is 0.545 bits per heavy atom. The van der Waals surface area contributed by atoms with Crippen molar-refractivity contribution in [2.45, 2.75) is 0 Å². The van der Waals surface area contributed by atoms with Gasteiger partial charge in [-0.2, -0.15) is 0 Å². The predicted octanol–water partition coefficient (Wildman–Crippen LogP) is 1.21. The van der Waals surface area contributed by atoms with Crippen LogP contribution in [0.4, 0.5) is 0 Å². The molecule has 0 aromatic heterocycles. The van der Waals surface area contributed by atoms with Crippen LogP contribution in [0.15, 0.2) is 12.1 Å². The van der Waals surface area contributed by atoms with Crippen molar-refractivity contribution < 1.29 is 17.1 Å². The van der Waals surface area contributed by atoms with Gasteiger partial charge in [0.2, 0.25) is 0 Å². The van der Waals surface area contributed by atoms with Gasteiger partial charge in [0.25, 0.3) is 0 Å². The molecule has 0 spiro atoms. The standard InChI is InChI=1S/2C5H.Fe/c2*1-2-4-5-3-1;/h2*1H;/q2*-5;. The van der Waals surface area contributed by atoms with Crippen LogP contribution >= 0.6 is 0 Å². The molecule has 0 saturated carbocycles. The molecule has 0 aliphatic carbocycles. The van der Waals surface area contributed by atoms with E-state index in [1.54, 1.807) is 12.1 Å². The van der Waals surface area contributed by atoms with Crippen LogP contribution < -0.4 is 0 Å². The first-order chi connectivity index (χ1) is 5.00. The van der Waals surface area contributed by atoms with Gasteiger partial charge in [-0.25, -0.2) is 0 Å². The Morgan fingerprint density at radius 3 is 0.909 bits per heavy atom. The molecular weight excluding hydrogens is 176 g/mol. The molecule has 60 valence electrons. The summed E-state index contributed by atoms with van der Waals surface area (Å²) in [6.45, 7) is 0. The molecule has 0 N–H and O–H groups in total. The number of hydrogen-bond acceptors (Lipinski definition) is 0. The Hall–Kier alpha value is -0.781. The first-order valence-corrected chi connectivity index (χ1v) is 2.65. The quantitative estimate of drug-likeness (QED) is 0.420. The minimum atomic E-state index is 0. The van der Waals surface area contributed by atoms with Gasteiger partial charge in [-0.15, -0.1) is 0 Å². The van der Waals surface area contributed by atoms with Gasteiger partial charge in [-0.3, -0.25) is 0 Å². The Bertz CT molecular complexity index is 144. The molecule has 2 rings (SSSR count). The first kappa shape index (κ1) is 10.2. The third-order valence-electron chi connectivity index (χ3n) is 0.702. The van der Waals surface area contributed by atoms with E-state index in [2.05, 4.69) is 48.5 Å². The fraction of sp³-hybridized carbons (Fsp3) is 0. The molecular formula is C10H2Fe-10. The molecule has 0 atom stereocenters. The summed E-state index contributed by atoms with van der Waals surface area (Å²) in [7, 11) is 0. The van der Waals surface area contributed by atoms with Gasteiger partial charge in [0.15, 0.2) is 0 Å². The molecule has 0 heterocycles. The van der Waals surface area contributed by atoms with E-state index >= 15 is 0 Å². The van der Waals surface area contributed by atoms with Crippen LogP contribution in [0.25, 0.3) is 0 Å². The minimum Gasteiger partial charge on any atom is -0.999 e. The number of hydrogen-bond donors (Lipinski definition) is 0. The SMILES string of the molecule is [Fe].[c-]1[c-][c-][cH-][c-]1.[c-]1[c-][c-][cH-][c-]1. The van der Waals surface area contributed by atoms with E-state index in [1.807, 2.05) is 0 Å². The molecule has 0 unspecified atom stereocenters. The smallest absolute Gasteiger partial charge is 0 e. The van der Waals surface area contributed by atoms with Gasteiger partial charge < -0.3 is 60.7 Å². The molecule has 0 aliphatic rings. The van der Waals surface area contributed by atoms with Gasteiger partial charge in [-0.1, -0.05) is 0 Å². The molecule has 0 saturated heterocycles. The minimum absolute atomic E-state index is 0. The summed E-state index contributed by atoms with van der Waals surface area (Å²) in [4.78, 5) is 0. The van der Waals surface area contributed by atoms with E-state index in [0.717, 1.165) is 0 Å². The maximum absolute atomic E-state index is 2.62. The molecule has 0 amide bonds. The zero-order chi connectivity index (χ0) is 7.07. The summed E-state index contributed by atoms with van der Waals surface area (Å²) in [5.41, 5.74) is 0. The van der Waals surface area contributed by atoms with E-state index in [9.17, 15) is 0 Å². The predicted molar refractivity (Wildman–Crippen MR) is 34.8 cm³/mol. The van der Waals surface area contributed by atoms with Crippen LogP contribution in [0.2, 0.25) is 0 Å². The van der Waals surface area contributed by atoms with Gasteiger partial charge >= 0.3 is 0 Å². The molecule has 2 aromatic rings. The maximum Gasteiger partial charge on any atom is 0 e. The summed E-state index contributed by atoms with van der Waals surface area (Å²) in [5.74, 6) is 0. The molecule has 0 fully saturated rings. The number of rotatable bonds is 0. The van der Waals surface area contributed by atoms with Crippen LogP contribution in [0.1, 0.15) is 0 Å². The summed E-state index contributed by atoms with van der Waals surface area (Å²) in [6.07, 6.45) is 0. The summed E-state index contributed by atoms with van der Waals surface area (Å²) in [5, 5.41) is 0. The van der Waals surface area contributed by atoms with Gasteiger partial charge in [-0.05, 0) is 0 Å². The summed E-state index contributed by atoms with van der Waals surface area (Å²) < 4.78 is 0. The van der Waals surface area contributed by atoms with Crippen molar-refractivity contribution in [3.63, 3.8) is 0 Å². The van der Waals surface area contributed by atoms with E-state index in [4.69, 9.17) is 0 Å². The zero-order valence-electron chi connectivity index (χ0n) is 5.51. The monoisotopic (exact) mass is 178 g/mol. The molecule has 0 aliphatic heterocycles. The fourth-order valence-electron chi connectivity index (χ4n) is 0.361. The van der Waals surface area contributed by atoms with Crippen LogP contribution in [-0.2, 0) is 17.1 Å². The van der Waals surface area contributed by atoms with Crippen molar-refractivity contribution in [1.82, 2.24) is 0 Å². The van der Waals surface area contributed by atoms with Crippen molar-refractivity contribution in [3.05, 3.63) is 60.7 Å². The second kappa shape index (κ2) is 7.33. The molecule has 2 aromatic carbocycles. The Kier molecular flexibility index (Phi) is 6.81. The van der Waals surface area contributed by atoms with Gasteiger partial charge in [0, 0.05) is 17.1 Å². The largest absolute Gasteiger partial charge is 0.999 e. The third kappa shape index (κ3) is 5.65. The molecule has 0 nitrogen and oxygen atoms in total. The topological polar surface area (TPSA) is 0 Å². The average molecular weight is 178 g/mol. The molecule has 0 radical (unpaired) electrons. The van der Waals surface area contributed by atoms with Gasteiger partial charge in [0.05, 0.1) is 0 Å².